The number of aromatic amines is 1. The van der Waals surface area contributed by atoms with Gasteiger partial charge in [0, 0.05) is 11.3 Å². The Bertz CT molecular complexity index is 954. The molecule has 3 aromatic rings. The Morgan fingerprint density at radius 3 is 2.46 bits per heavy atom. The zero-order valence-electron chi connectivity index (χ0n) is 16.3. The molecule has 0 unspecified atom stereocenters. The Hall–Kier alpha value is -3.48. The minimum atomic E-state index is -0.683. The number of aromatic nitrogens is 2. The molecule has 0 aliphatic carbocycles. The van der Waals surface area contributed by atoms with E-state index in [9.17, 15) is 4.79 Å². The number of carbonyl (C=O) groups is 1. The maximum Gasteiger partial charge on any atom is 0.266 e. The Morgan fingerprint density at radius 1 is 1.07 bits per heavy atom. The van der Waals surface area contributed by atoms with Crippen molar-refractivity contribution in [2.45, 2.75) is 20.0 Å². The highest BCUT2D eigenvalue weighted by atomic mass is 16.5. The number of benzene rings is 2. The Labute approximate surface area is 163 Å². The van der Waals surface area contributed by atoms with E-state index in [1.54, 1.807) is 33.3 Å². The molecule has 3 rings (SSSR count). The maximum absolute atomic E-state index is 12.6. The number of anilines is 1. The topological polar surface area (TPSA) is 85.5 Å². The van der Waals surface area contributed by atoms with Gasteiger partial charge in [-0.05, 0) is 43.7 Å². The number of ether oxygens (including phenoxy) is 3. The van der Waals surface area contributed by atoms with Crippen molar-refractivity contribution in [3.05, 3.63) is 54.2 Å². The fourth-order valence-corrected chi connectivity index (χ4v) is 2.84. The van der Waals surface area contributed by atoms with E-state index in [1.165, 1.54) is 0 Å². The van der Waals surface area contributed by atoms with Gasteiger partial charge in [-0.2, -0.15) is 5.10 Å². The van der Waals surface area contributed by atoms with Gasteiger partial charge >= 0.3 is 0 Å². The molecule has 1 heterocycles. The zero-order valence-corrected chi connectivity index (χ0v) is 16.3. The SMILES string of the molecule is COc1ccc(-c2c(NC(=O)[C@@H](C)Oc3ccccc3)n[nH]c2C)cc1OC. The van der Waals surface area contributed by atoms with Crippen LogP contribution in [0.5, 0.6) is 17.2 Å². The molecule has 2 N–H and O–H groups in total. The van der Waals surface area contributed by atoms with Gasteiger partial charge in [0.15, 0.2) is 23.4 Å². The summed E-state index contributed by atoms with van der Waals surface area (Å²) in [6.07, 6.45) is -0.683. The number of methoxy groups -OCH3 is 2. The summed E-state index contributed by atoms with van der Waals surface area (Å²) in [5.41, 5.74) is 2.44. The van der Waals surface area contributed by atoms with Crippen LogP contribution in [-0.4, -0.2) is 36.4 Å². The first-order chi connectivity index (χ1) is 13.5. The van der Waals surface area contributed by atoms with Crippen LogP contribution < -0.4 is 19.5 Å². The van der Waals surface area contributed by atoms with Crippen LogP contribution >= 0.6 is 0 Å². The highest BCUT2D eigenvalue weighted by Gasteiger charge is 2.20. The van der Waals surface area contributed by atoms with Crippen molar-refractivity contribution in [2.24, 2.45) is 0 Å². The fourth-order valence-electron chi connectivity index (χ4n) is 2.84. The van der Waals surface area contributed by atoms with Gasteiger partial charge in [0.05, 0.1) is 14.2 Å². The largest absolute Gasteiger partial charge is 0.493 e. The highest BCUT2D eigenvalue weighted by molar-refractivity contribution is 5.97. The summed E-state index contributed by atoms with van der Waals surface area (Å²) in [4.78, 5) is 12.6. The number of H-pyrrole nitrogens is 1. The van der Waals surface area contributed by atoms with Crippen molar-refractivity contribution in [2.75, 3.05) is 19.5 Å². The summed E-state index contributed by atoms with van der Waals surface area (Å²) >= 11 is 0. The van der Waals surface area contributed by atoms with Crippen molar-refractivity contribution in [3.8, 4) is 28.4 Å². The summed E-state index contributed by atoms with van der Waals surface area (Å²) in [5, 5.41) is 9.99. The van der Waals surface area contributed by atoms with Gasteiger partial charge in [-0.1, -0.05) is 24.3 Å². The first-order valence-electron chi connectivity index (χ1n) is 8.83. The van der Waals surface area contributed by atoms with E-state index in [-0.39, 0.29) is 5.91 Å². The molecule has 0 radical (unpaired) electrons. The number of aryl methyl sites for hydroxylation is 1. The van der Waals surface area contributed by atoms with Crippen LogP contribution in [0, 0.1) is 6.92 Å². The van der Waals surface area contributed by atoms with E-state index in [1.807, 2.05) is 43.3 Å². The van der Waals surface area contributed by atoms with Gasteiger partial charge in [-0.25, -0.2) is 0 Å². The number of para-hydroxylation sites is 1. The van der Waals surface area contributed by atoms with Crippen molar-refractivity contribution in [1.29, 1.82) is 0 Å². The molecule has 0 aliphatic rings. The summed E-state index contributed by atoms with van der Waals surface area (Å²) in [7, 11) is 3.16. The van der Waals surface area contributed by atoms with E-state index < -0.39 is 6.10 Å². The minimum absolute atomic E-state index is 0.294. The molecule has 146 valence electrons. The van der Waals surface area contributed by atoms with Crippen LogP contribution in [0.15, 0.2) is 48.5 Å². The van der Waals surface area contributed by atoms with Crippen LogP contribution in [0.1, 0.15) is 12.6 Å². The predicted octanol–water partition coefficient (Wildman–Crippen LogP) is 3.81. The number of hydrogen-bond donors (Lipinski definition) is 2. The molecule has 0 fully saturated rings. The average molecular weight is 381 g/mol. The molecule has 7 nitrogen and oxygen atoms in total. The first-order valence-corrected chi connectivity index (χ1v) is 8.83. The lowest BCUT2D eigenvalue weighted by Gasteiger charge is -2.15. The van der Waals surface area contributed by atoms with Crippen molar-refractivity contribution in [3.63, 3.8) is 0 Å². The quantitative estimate of drug-likeness (QED) is 0.650. The Balaban J connectivity index is 1.82. The molecule has 28 heavy (non-hydrogen) atoms. The van der Waals surface area contributed by atoms with E-state index in [2.05, 4.69) is 15.5 Å². The lowest BCUT2D eigenvalue weighted by atomic mass is 10.0. The monoisotopic (exact) mass is 381 g/mol. The Kier molecular flexibility index (Phi) is 5.84. The third kappa shape index (κ3) is 4.09. The van der Waals surface area contributed by atoms with Crippen LogP contribution in [0.25, 0.3) is 11.1 Å². The maximum atomic E-state index is 12.6. The second-order valence-electron chi connectivity index (χ2n) is 6.20. The Morgan fingerprint density at radius 2 is 1.79 bits per heavy atom. The zero-order chi connectivity index (χ0) is 20.1. The van der Waals surface area contributed by atoms with Gasteiger partial charge in [-0.3, -0.25) is 9.89 Å². The number of nitrogens with zero attached hydrogens (tertiary/aromatic N) is 1. The van der Waals surface area contributed by atoms with Gasteiger partial charge in [0.25, 0.3) is 5.91 Å². The molecule has 1 aromatic heterocycles. The summed E-state index contributed by atoms with van der Waals surface area (Å²) in [6.45, 7) is 3.58. The smallest absolute Gasteiger partial charge is 0.266 e. The van der Waals surface area contributed by atoms with E-state index in [0.717, 1.165) is 16.8 Å². The number of amides is 1. The molecule has 0 saturated carbocycles. The van der Waals surface area contributed by atoms with Crippen LogP contribution in [0.2, 0.25) is 0 Å². The van der Waals surface area contributed by atoms with Gasteiger partial charge in [0.1, 0.15) is 5.75 Å². The molecule has 0 spiro atoms. The third-order valence-corrected chi connectivity index (χ3v) is 4.29. The molecule has 1 amide bonds. The molecule has 2 aromatic carbocycles. The standard InChI is InChI=1S/C21H23N3O4/c1-13-19(15-10-11-17(26-3)18(12-15)27-4)20(24-23-13)22-21(25)14(2)28-16-8-6-5-7-9-16/h5-12,14H,1-4H3,(H2,22,23,24,25)/t14-/m1/s1. The second kappa shape index (κ2) is 8.47. The number of nitrogens with one attached hydrogen (secondary N) is 2. The second-order valence-corrected chi connectivity index (χ2v) is 6.20. The van der Waals surface area contributed by atoms with E-state index in [0.29, 0.717) is 23.1 Å². The number of carbonyl (C=O) groups excluding carboxylic acids is 1. The first kappa shape index (κ1) is 19.3. The molecule has 7 heteroatoms. The van der Waals surface area contributed by atoms with Crippen molar-refractivity contribution in [1.82, 2.24) is 10.2 Å². The van der Waals surface area contributed by atoms with Gasteiger partial charge in [0.2, 0.25) is 0 Å². The third-order valence-electron chi connectivity index (χ3n) is 4.29. The van der Waals surface area contributed by atoms with Gasteiger partial charge < -0.3 is 19.5 Å². The molecular formula is C21H23N3O4. The molecule has 0 bridgehead atoms. The average Bonchev–Trinajstić information content (AvgIpc) is 3.08. The fraction of sp³-hybridized carbons (Fsp3) is 0.238. The summed E-state index contributed by atoms with van der Waals surface area (Å²) < 4.78 is 16.3. The normalized spacial score (nSPS) is 11.6. The molecule has 0 aliphatic heterocycles. The lowest BCUT2D eigenvalue weighted by molar-refractivity contribution is -0.122. The summed E-state index contributed by atoms with van der Waals surface area (Å²) in [5.74, 6) is 1.99. The molecule has 1 atom stereocenters. The molecule has 0 saturated heterocycles. The lowest BCUT2D eigenvalue weighted by Crippen LogP contribution is -2.30. The van der Waals surface area contributed by atoms with E-state index in [4.69, 9.17) is 14.2 Å². The van der Waals surface area contributed by atoms with Crippen molar-refractivity contribution >= 4 is 11.7 Å². The van der Waals surface area contributed by atoms with Crippen molar-refractivity contribution < 1.29 is 19.0 Å². The number of rotatable bonds is 7. The van der Waals surface area contributed by atoms with Crippen LogP contribution in [0.3, 0.4) is 0 Å². The minimum Gasteiger partial charge on any atom is -0.493 e. The highest BCUT2D eigenvalue weighted by Crippen LogP contribution is 2.36. The van der Waals surface area contributed by atoms with Gasteiger partial charge in [-0.15, -0.1) is 0 Å². The van der Waals surface area contributed by atoms with Crippen LogP contribution in [-0.2, 0) is 4.79 Å². The molecular weight excluding hydrogens is 358 g/mol. The van der Waals surface area contributed by atoms with Crippen LogP contribution in [0.4, 0.5) is 5.82 Å². The predicted molar refractivity (Wildman–Crippen MR) is 107 cm³/mol. The van der Waals surface area contributed by atoms with E-state index >= 15 is 0 Å². The summed E-state index contributed by atoms with van der Waals surface area (Å²) in [6, 6.07) is 14.7. The number of hydrogen-bond acceptors (Lipinski definition) is 5.